The minimum absolute atomic E-state index is 0.119. The van der Waals surface area contributed by atoms with Crippen molar-refractivity contribution < 1.29 is 23.8 Å². The van der Waals surface area contributed by atoms with Crippen molar-refractivity contribution in [2.75, 3.05) is 13.7 Å². The number of ketones is 1. The lowest BCUT2D eigenvalue weighted by Gasteiger charge is -2.30. The van der Waals surface area contributed by atoms with Crippen molar-refractivity contribution in [2.24, 2.45) is 0 Å². The summed E-state index contributed by atoms with van der Waals surface area (Å²) in [5.74, 6) is -0.193. The first-order chi connectivity index (χ1) is 18.3. The van der Waals surface area contributed by atoms with Crippen LogP contribution in [0.4, 0.5) is 0 Å². The number of Topliss-reactive ketones (excluding diaryl/α,β-unsaturated/α-hetero) is 1. The van der Waals surface area contributed by atoms with Crippen LogP contribution in [-0.2, 0) is 16.1 Å². The first-order valence-corrected chi connectivity index (χ1v) is 13.2. The van der Waals surface area contributed by atoms with E-state index in [1.54, 1.807) is 0 Å². The highest BCUT2D eigenvalue weighted by Gasteiger charge is 2.43. The van der Waals surface area contributed by atoms with Crippen LogP contribution in [0.15, 0.2) is 82.0 Å². The molecule has 194 valence electrons. The summed E-state index contributed by atoms with van der Waals surface area (Å²) in [6.07, 6.45) is 0. The molecular weight excluding hydrogens is 546 g/mol. The van der Waals surface area contributed by atoms with Crippen molar-refractivity contribution in [3.63, 3.8) is 0 Å². The number of methoxy groups -OCH3 is 1. The molecule has 0 saturated carbocycles. The van der Waals surface area contributed by atoms with Crippen molar-refractivity contribution in [2.45, 2.75) is 33.3 Å². The molecule has 3 aromatic rings. The molecule has 6 nitrogen and oxygen atoms in total. The molecule has 0 radical (unpaired) electrons. The highest BCUT2D eigenvalue weighted by molar-refractivity contribution is 9.10. The topological polar surface area (TPSA) is 73.9 Å². The number of dihydropyridines is 1. The zero-order valence-corrected chi connectivity index (χ0v) is 23.3. The first kappa shape index (κ1) is 25.8. The lowest BCUT2D eigenvalue weighted by Crippen LogP contribution is -2.29. The lowest BCUT2D eigenvalue weighted by atomic mass is 9.79. The summed E-state index contributed by atoms with van der Waals surface area (Å²) in [7, 11) is 1.34. The Hall–Kier alpha value is -3.84. The Labute approximate surface area is 230 Å². The maximum Gasteiger partial charge on any atom is 0.336 e. The van der Waals surface area contributed by atoms with Gasteiger partial charge in [0.15, 0.2) is 17.3 Å². The van der Waals surface area contributed by atoms with Gasteiger partial charge in [-0.2, -0.15) is 0 Å². The van der Waals surface area contributed by atoms with E-state index >= 15 is 0 Å². The van der Waals surface area contributed by atoms with Gasteiger partial charge < -0.3 is 19.5 Å². The van der Waals surface area contributed by atoms with Crippen LogP contribution in [0.2, 0.25) is 0 Å². The maximum atomic E-state index is 13.7. The van der Waals surface area contributed by atoms with Gasteiger partial charge in [0.05, 0.1) is 30.9 Å². The summed E-state index contributed by atoms with van der Waals surface area (Å²) in [5, 5.41) is 3.31. The molecule has 1 aliphatic carbocycles. The van der Waals surface area contributed by atoms with E-state index in [1.165, 1.54) is 7.11 Å². The van der Waals surface area contributed by atoms with Gasteiger partial charge in [-0.25, -0.2) is 4.79 Å². The summed E-state index contributed by atoms with van der Waals surface area (Å²) in [5.41, 5.74) is 6.57. The SMILES string of the molecule is CCOc1cc([C@H]2C(C(=O)OC)=C(C)NC3=C2C(=O)c2ccccc23)c(Br)cc1OCc1cccc(C)c1. The number of carbonyl (C=O) groups excluding carboxylic acids is 2. The number of esters is 1. The van der Waals surface area contributed by atoms with Crippen LogP contribution in [0.1, 0.15) is 52.4 Å². The molecule has 0 unspecified atom stereocenters. The Morgan fingerprint density at radius 1 is 0.974 bits per heavy atom. The highest BCUT2D eigenvalue weighted by Crippen LogP contribution is 2.50. The van der Waals surface area contributed by atoms with Crippen LogP contribution in [-0.4, -0.2) is 25.5 Å². The van der Waals surface area contributed by atoms with Gasteiger partial charge in [-0.3, -0.25) is 4.79 Å². The summed E-state index contributed by atoms with van der Waals surface area (Å²) in [6, 6.07) is 19.3. The third kappa shape index (κ3) is 4.52. The second kappa shape index (κ2) is 10.5. The van der Waals surface area contributed by atoms with Crippen molar-refractivity contribution in [3.05, 3.63) is 110 Å². The molecule has 0 bridgehead atoms. The van der Waals surface area contributed by atoms with Crippen LogP contribution in [0.5, 0.6) is 11.5 Å². The van der Waals surface area contributed by atoms with Crippen molar-refractivity contribution in [1.29, 1.82) is 0 Å². The number of allylic oxidation sites excluding steroid dienone is 2. The molecule has 0 amide bonds. The number of hydrogen-bond donors (Lipinski definition) is 1. The van der Waals surface area contributed by atoms with Gasteiger partial charge in [0, 0.05) is 26.9 Å². The average Bonchev–Trinajstić information content (AvgIpc) is 3.19. The number of aryl methyl sites for hydroxylation is 1. The Morgan fingerprint density at radius 3 is 2.42 bits per heavy atom. The van der Waals surface area contributed by atoms with Gasteiger partial charge in [0.1, 0.15) is 6.61 Å². The minimum Gasteiger partial charge on any atom is -0.490 e. The number of halogens is 1. The highest BCUT2D eigenvalue weighted by atomic mass is 79.9. The fraction of sp³-hybridized carbons (Fsp3) is 0.226. The number of benzene rings is 3. The zero-order chi connectivity index (χ0) is 27.0. The quantitative estimate of drug-likeness (QED) is 0.326. The molecule has 0 aromatic heterocycles. The van der Waals surface area contributed by atoms with E-state index in [1.807, 2.05) is 75.4 Å². The Morgan fingerprint density at radius 2 is 1.71 bits per heavy atom. The Bertz CT molecular complexity index is 1520. The molecule has 1 N–H and O–H groups in total. The molecule has 1 atom stereocenters. The molecule has 0 spiro atoms. The Balaban J connectivity index is 1.62. The molecule has 2 aliphatic rings. The van der Waals surface area contributed by atoms with E-state index in [-0.39, 0.29) is 5.78 Å². The number of ether oxygens (including phenoxy) is 3. The first-order valence-electron chi connectivity index (χ1n) is 12.4. The van der Waals surface area contributed by atoms with E-state index in [2.05, 4.69) is 27.3 Å². The van der Waals surface area contributed by atoms with E-state index in [0.717, 1.165) is 16.7 Å². The normalized spacial score (nSPS) is 16.1. The number of rotatable bonds is 7. The molecule has 1 heterocycles. The van der Waals surface area contributed by atoms with Gasteiger partial charge in [-0.15, -0.1) is 0 Å². The number of hydrogen-bond acceptors (Lipinski definition) is 6. The van der Waals surface area contributed by atoms with Gasteiger partial charge in [0.2, 0.25) is 0 Å². The molecule has 3 aromatic carbocycles. The lowest BCUT2D eigenvalue weighted by molar-refractivity contribution is -0.136. The van der Waals surface area contributed by atoms with Crippen LogP contribution >= 0.6 is 15.9 Å². The van der Waals surface area contributed by atoms with Gasteiger partial charge in [0.25, 0.3) is 0 Å². The molecular formula is C31H28BrNO5. The largest absolute Gasteiger partial charge is 0.490 e. The molecule has 0 saturated heterocycles. The van der Waals surface area contributed by atoms with Gasteiger partial charge in [-0.1, -0.05) is 70.0 Å². The molecule has 1 aliphatic heterocycles. The average molecular weight is 574 g/mol. The Kier molecular flexibility index (Phi) is 7.13. The van der Waals surface area contributed by atoms with Crippen LogP contribution in [0.25, 0.3) is 5.70 Å². The third-order valence-corrected chi connectivity index (χ3v) is 7.49. The van der Waals surface area contributed by atoms with E-state index in [0.29, 0.717) is 62.9 Å². The monoisotopic (exact) mass is 573 g/mol. The predicted molar refractivity (Wildman–Crippen MR) is 149 cm³/mol. The maximum absolute atomic E-state index is 13.7. The summed E-state index contributed by atoms with van der Waals surface area (Å²) in [4.78, 5) is 26.8. The molecule has 0 fully saturated rings. The fourth-order valence-corrected chi connectivity index (χ4v) is 5.69. The summed E-state index contributed by atoms with van der Waals surface area (Å²) >= 11 is 3.71. The van der Waals surface area contributed by atoms with Crippen molar-refractivity contribution >= 4 is 33.4 Å². The van der Waals surface area contributed by atoms with E-state index in [4.69, 9.17) is 14.2 Å². The molecule has 38 heavy (non-hydrogen) atoms. The molecule has 5 rings (SSSR count). The fourth-order valence-electron chi connectivity index (χ4n) is 5.14. The van der Waals surface area contributed by atoms with E-state index < -0.39 is 11.9 Å². The second-order valence-corrected chi connectivity index (χ2v) is 10.1. The van der Waals surface area contributed by atoms with Crippen molar-refractivity contribution in [3.8, 4) is 11.5 Å². The summed E-state index contributed by atoms with van der Waals surface area (Å²) in [6.45, 7) is 6.56. The predicted octanol–water partition coefficient (Wildman–Crippen LogP) is 6.48. The van der Waals surface area contributed by atoms with Crippen LogP contribution < -0.4 is 14.8 Å². The van der Waals surface area contributed by atoms with Gasteiger partial charge >= 0.3 is 5.97 Å². The standard InChI is InChI=1S/C31H28BrNO5/c1-5-37-24-14-22(23(32)15-25(24)38-16-19-10-8-9-17(2)13-19)27-26(31(35)36-4)18(3)33-29-20-11-6-7-12-21(20)30(34)28(27)29/h6-15,27,33H,5,16H2,1-4H3/t27-/m0/s1. The second-order valence-electron chi connectivity index (χ2n) is 9.28. The van der Waals surface area contributed by atoms with Crippen LogP contribution in [0.3, 0.4) is 0 Å². The number of carbonyl (C=O) groups is 2. The van der Waals surface area contributed by atoms with Gasteiger partial charge in [-0.05, 0) is 44.0 Å². The zero-order valence-electron chi connectivity index (χ0n) is 21.7. The number of fused-ring (bicyclic) bond motifs is 2. The number of nitrogens with one attached hydrogen (secondary N) is 1. The summed E-state index contributed by atoms with van der Waals surface area (Å²) < 4.78 is 18.0. The van der Waals surface area contributed by atoms with Crippen LogP contribution in [0, 0.1) is 6.92 Å². The third-order valence-electron chi connectivity index (χ3n) is 6.80. The smallest absolute Gasteiger partial charge is 0.336 e. The van der Waals surface area contributed by atoms with E-state index in [9.17, 15) is 9.59 Å². The van der Waals surface area contributed by atoms with Crippen molar-refractivity contribution in [1.82, 2.24) is 5.32 Å². The minimum atomic E-state index is -0.669. The molecule has 7 heteroatoms.